The molecule has 0 saturated carbocycles. The fraction of sp³-hybridized carbons (Fsp3) is 0.0169. The molecule has 1 aliphatic carbocycles. The van der Waals surface area contributed by atoms with Gasteiger partial charge in [-0.25, -0.2) is 0 Å². The van der Waals surface area contributed by atoms with Gasteiger partial charge in [-0.15, -0.1) is 0 Å². The molecule has 0 N–H and O–H groups in total. The van der Waals surface area contributed by atoms with Crippen LogP contribution in [0.5, 0.6) is 0 Å². The number of hydrogen-bond donors (Lipinski definition) is 0. The minimum Gasteiger partial charge on any atom is -0.455 e. The Labute approximate surface area is 355 Å². The smallest absolute Gasteiger partial charge is 0.143 e. The molecular weight excluding hydrogens is 739 g/mol. The topological polar surface area (TPSA) is 16.4 Å². The van der Waals surface area contributed by atoms with Gasteiger partial charge in [0.2, 0.25) is 0 Å². The predicted molar refractivity (Wildman–Crippen MR) is 254 cm³/mol. The second-order valence-corrected chi connectivity index (χ2v) is 16.0. The Balaban J connectivity index is 1.18. The molecule has 0 saturated heterocycles. The summed E-state index contributed by atoms with van der Waals surface area (Å²) in [6, 6.07) is 86.0. The maximum atomic E-state index is 6.85. The summed E-state index contributed by atoms with van der Waals surface area (Å²) >= 11 is 0. The first-order chi connectivity index (χ1) is 30.3. The standard InChI is InChI=1S/C59H39NO/c1-5-19-40(20-6-1)42-23-17-28-45(37-42)60(55-39-52-57-47(41-21-7-2-8-22-41)32-18-34-56(57)61-58(52)51-31-14-13-30-50(51)55)46-35-36-49-48-29-15-16-33-53(48)59(54(49)38-46,43-24-9-3-10-25-43)44-26-11-4-12-27-44/h1-39H. The average molecular weight is 778 g/mol. The van der Waals surface area contributed by atoms with Crippen LogP contribution in [0.15, 0.2) is 241 Å². The van der Waals surface area contributed by atoms with Crippen molar-refractivity contribution in [3.8, 4) is 33.4 Å². The van der Waals surface area contributed by atoms with Gasteiger partial charge in [0, 0.05) is 32.9 Å². The van der Waals surface area contributed by atoms with E-state index in [1.165, 1.54) is 38.9 Å². The van der Waals surface area contributed by atoms with Gasteiger partial charge in [0.05, 0.1) is 11.1 Å². The van der Waals surface area contributed by atoms with Crippen molar-refractivity contribution < 1.29 is 4.42 Å². The van der Waals surface area contributed by atoms with Crippen LogP contribution in [0.25, 0.3) is 66.1 Å². The Kier molecular flexibility index (Phi) is 8.11. The lowest BCUT2D eigenvalue weighted by Gasteiger charge is -2.35. The highest BCUT2D eigenvalue weighted by Crippen LogP contribution is 2.57. The minimum atomic E-state index is -0.542. The molecule has 61 heavy (non-hydrogen) atoms. The van der Waals surface area contributed by atoms with E-state index in [1.54, 1.807) is 0 Å². The Morgan fingerprint density at radius 3 is 1.64 bits per heavy atom. The highest BCUT2D eigenvalue weighted by Gasteiger charge is 2.46. The summed E-state index contributed by atoms with van der Waals surface area (Å²) in [5.41, 5.74) is 16.7. The lowest BCUT2D eigenvalue weighted by atomic mass is 9.67. The highest BCUT2D eigenvalue weighted by atomic mass is 16.3. The first kappa shape index (κ1) is 35.0. The maximum absolute atomic E-state index is 6.85. The molecule has 2 heteroatoms. The first-order valence-electron chi connectivity index (χ1n) is 21.0. The molecule has 0 fully saturated rings. The largest absolute Gasteiger partial charge is 0.455 e. The van der Waals surface area contributed by atoms with Crippen molar-refractivity contribution in [3.63, 3.8) is 0 Å². The molecule has 2 nitrogen and oxygen atoms in total. The SMILES string of the molecule is c1ccc(-c2cccc(N(c3ccc4c(c3)C(c3ccccc3)(c3ccccc3)c3ccccc3-4)c3cc4c(oc5cccc(-c6ccccc6)c54)c4ccccc34)c2)cc1. The summed E-state index contributed by atoms with van der Waals surface area (Å²) in [7, 11) is 0. The average Bonchev–Trinajstić information content (AvgIpc) is 3.87. The van der Waals surface area contributed by atoms with Crippen molar-refractivity contribution >= 4 is 49.8 Å². The Morgan fingerprint density at radius 1 is 0.344 bits per heavy atom. The molecule has 11 aromatic rings. The summed E-state index contributed by atoms with van der Waals surface area (Å²) in [6.45, 7) is 0. The van der Waals surface area contributed by atoms with Crippen LogP contribution in [0, 0.1) is 0 Å². The predicted octanol–water partition coefficient (Wildman–Crippen LogP) is 15.9. The molecular formula is C59H39NO. The molecule has 1 heterocycles. The van der Waals surface area contributed by atoms with Crippen LogP contribution in [0.2, 0.25) is 0 Å². The summed E-state index contributed by atoms with van der Waals surface area (Å²) in [5, 5.41) is 4.39. The van der Waals surface area contributed by atoms with Crippen LogP contribution in [0.3, 0.4) is 0 Å². The van der Waals surface area contributed by atoms with E-state index in [0.717, 1.165) is 66.5 Å². The van der Waals surface area contributed by atoms with E-state index in [9.17, 15) is 0 Å². The summed E-state index contributed by atoms with van der Waals surface area (Å²) in [6.07, 6.45) is 0. The lowest BCUT2D eigenvalue weighted by Crippen LogP contribution is -2.28. The van der Waals surface area contributed by atoms with Crippen LogP contribution < -0.4 is 4.90 Å². The monoisotopic (exact) mass is 777 g/mol. The van der Waals surface area contributed by atoms with Gasteiger partial charge >= 0.3 is 0 Å². The molecule has 0 spiro atoms. The molecule has 12 rings (SSSR count). The quantitative estimate of drug-likeness (QED) is 0.160. The molecule has 0 radical (unpaired) electrons. The summed E-state index contributed by atoms with van der Waals surface area (Å²) in [4.78, 5) is 2.47. The second-order valence-electron chi connectivity index (χ2n) is 16.0. The van der Waals surface area contributed by atoms with Crippen LogP contribution in [0.4, 0.5) is 17.1 Å². The number of fused-ring (bicyclic) bond motifs is 8. The van der Waals surface area contributed by atoms with Gasteiger partial charge < -0.3 is 9.32 Å². The Morgan fingerprint density at radius 2 is 0.902 bits per heavy atom. The minimum absolute atomic E-state index is 0.542. The molecule has 0 atom stereocenters. The van der Waals surface area contributed by atoms with E-state index in [4.69, 9.17) is 4.42 Å². The summed E-state index contributed by atoms with van der Waals surface area (Å²) < 4.78 is 6.85. The van der Waals surface area contributed by atoms with E-state index in [-0.39, 0.29) is 0 Å². The van der Waals surface area contributed by atoms with Gasteiger partial charge in [-0.2, -0.15) is 0 Å². The van der Waals surface area contributed by atoms with Crippen molar-refractivity contribution in [2.75, 3.05) is 4.90 Å². The van der Waals surface area contributed by atoms with Gasteiger partial charge in [0.1, 0.15) is 11.2 Å². The number of nitrogens with zero attached hydrogens (tertiary/aromatic N) is 1. The van der Waals surface area contributed by atoms with E-state index in [0.29, 0.717) is 0 Å². The molecule has 0 aliphatic heterocycles. The fourth-order valence-electron chi connectivity index (χ4n) is 10.1. The number of hydrogen-bond acceptors (Lipinski definition) is 2. The molecule has 0 amide bonds. The van der Waals surface area contributed by atoms with Gasteiger partial charge in [0.15, 0.2) is 0 Å². The van der Waals surface area contributed by atoms with Gasteiger partial charge in [-0.3, -0.25) is 0 Å². The molecule has 0 unspecified atom stereocenters. The van der Waals surface area contributed by atoms with Crippen molar-refractivity contribution in [1.82, 2.24) is 0 Å². The van der Waals surface area contributed by atoms with E-state index in [1.807, 2.05) is 0 Å². The molecule has 10 aromatic carbocycles. The Hall–Kier alpha value is -7.94. The third-order valence-corrected chi connectivity index (χ3v) is 12.7. The molecule has 0 bridgehead atoms. The van der Waals surface area contributed by atoms with Crippen molar-refractivity contribution in [2.24, 2.45) is 0 Å². The Bertz CT molecular complexity index is 3370. The highest BCUT2D eigenvalue weighted by molar-refractivity contribution is 6.22. The van der Waals surface area contributed by atoms with E-state index >= 15 is 0 Å². The van der Waals surface area contributed by atoms with Crippen molar-refractivity contribution in [3.05, 3.63) is 259 Å². The van der Waals surface area contributed by atoms with Gasteiger partial charge in [0.25, 0.3) is 0 Å². The van der Waals surface area contributed by atoms with Crippen LogP contribution in [-0.2, 0) is 5.41 Å². The third kappa shape index (κ3) is 5.43. The van der Waals surface area contributed by atoms with Crippen molar-refractivity contribution in [2.45, 2.75) is 5.41 Å². The lowest BCUT2D eigenvalue weighted by molar-refractivity contribution is 0.673. The summed E-state index contributed by atoms with van der Waals surface area (Å²) in [5.74, 6) is 0. The molecule has 1 aliphatic rings. The number of benzene rings is 10. The number of furan rings is 1. The number of anilines is 3. The van der Waals surface area contributed by atoms with Crippen molar-refractivity contribution in [1.29, 1.82) is 0 Å². The van der Waals surface area contributed by atoms with Gasteiger partial charge in [-0.05, 0) is 92.0 Å². The maximum Gasteiger partial charge on any atom is 0.143 e. The molecule has 286 valence electrons. The van der Waals surface area contributed by atoms with Crippen LogP contribution >= 0.6 is 0 Å². The zero-order valence-corrected chi connectivity index (χ0v) is 33.4. The normalized spacial score (nSPS) is 12.7. The van der Waals surface area contributed by atoms with E-state index in [2.05, 4.69) is 241 Å². The second kappa shape index (κ2) is 14.1. The van der Waals surface area contributed by atoms with Gasteiger partial charge in [-0.1, -0.05) is 200 Å². The third-order valence-electron chi connectivity index (χ3n) is 12.7. The van der Waals surface area contributed by atoms with Crippen LogP contribution in [-0.4, -0.2) is 0 Å². The number of rotatable bonds is 7. The zero-order chi connectivity index (χ0) is 40.3. The molecule has 1 aromatic heterocycles. The van der Waals surface area contributed by atoms with Crippen LogP contribution in [0.1, 0.15) is 22.3 Å². The zero-order valence-electron chi connectivity index (χ0n) is 33.4. The first-order valence-corrected chi connectivity index (χ1v) is 21.0. The fourth-order valence-corrected chi connectivity index (χ4v) is 10.1. The van der Waals surface area contributed by atoms with E-state index < -0.39 is 5.41 Å².